The van der Waals surface area contributed by atoms with Gasteiger partial charge in [-0.3, -0.25) is 0 Å². The van der Waals surface area contributed by atoms with Gasteiger partial charge in [-0.15, -0.1) is 11.8 Å². The van der Waals surface area contributed by atoms with Gasteiger partial charge in [0, 0.05) is 11.3 Å². The zero-order valence-corrected chi connectivity index (χ0v) is 12.3. The Morgan fingerprint density at radius 1 is 1.29 bits per heavy atom. The molecule has 0 radical (unpaired) electrons. The molecule has 0 spiro atoms. The molecule has 17 heavy (non-hydrogen) atoms. The minimum Gasteiger partial charge on any atom is -0.379 e. The number of hydrogen-bond donors (Lipinski definition) is 1. The van der Waals surface area contributed by atoms with Gasteiger partial charge in [0.15, 0.2) is 0 Å². The van der Waals surface area contributed by atoms with Crippen molar-refractivity contribution in [1.82, 2.24) is 0 Å². The fourth-order valence-electron chi connectivity index (χ4n) is 2.85. The maximum Gasteiger partial charge on any atom is 0.0608 e. The van der Waals surface area contributed by atoms with Gasteiger partial charge in [-0.2, -0.15) is 0 Å². The Morgan fingerprint density at radius 3 is 2.53 bits per heavy atom. The van der Waals surface area contributed by atoms with Crippen molar-refractivity contribution in [2.75, 3.05) is 13.2 Å². The minimum absolute atomic E-state index is 0.407. The molecule has 0 aromatic heterocycles. The van der Waals surface area contributed by atoms with Crippen LogP contribution in [0.15, 0.2) is 0 Å². The average molecular weight is 257 g/mol. The molecule has 0 bridgehead atoms. The Labute approximate surface area is 110 Å². The highest BCUT2D eigenvalue weighted by molar-refractivity contribution is 8.00. The molecule has 2 aliphatic rings. The second kappa shape index (κ2) is 5.50. The predicted molar refractivity (Wildman–Crippen MR) is 75.4 cm³/mol. The molecular weight excluding hydrogens is 230 g/mol. The molecule has 3 heteroatoms. The Kier molecular flexibility index (Phi) is 4.43. The first-order chi connectivity index (χ1) is 8.03. The van der Waals surface area contributed by atoms with Crippen LogP contribution in [-0.4, -0.2) is 29.8 Å². The molecule has 0 aromatic rings. The monoisotopic (exact) mass is 257 g/mol. The van der Waals surface area contributed by atoms with E-state index in [2.05, 4.69) is 32.5 Å². The van der Waals surface area contributed by atoms with Crippen LogP contribution in [0.2, 0.25) is 0 Å². The number of thioether (sulfide) groups is 1. The maximum absolute atomic E-state index is 6.29. The fourth-order valence-corrected chi connectivity index (χ4v) is 4.37. The zero-order valence-electron chi connectivity index (χ0n) is 11.4. The third-order valence-electron chi connectivity index (χ3n) is 4.83. The highest BCUT2D eigenvalue weighted by Gasteiger charge is 2.37. The van der Waals surface area contributed by atoms with Gasteiger partial charge in [0.25, 0.3) is 0 Å². The molecule has 2 N–H and O–H groups in total. The molecule has 2 fully saturated rings. The van der Waals surface area contributed by atoms with E-state index < -0.39 is 0 Å². The summed E-state index contributed by atoms with van der Waals surface area (Å²) < 4.78 is 5.27. The zero-order chi connectivity index (χ0) is 12.5. The third-order valence-corrected chi connectivity index (χ3v) is 6.38. The first-order valence-electron chi connectivity index (χ1n) is 7.01. The van der Waals surface area contributed by atoms with Crippen LogP contribution < -0.4 is 5.73 Å². The van der Waals surface area contributed by atoms with Gasteiger partial charge < -0.3 is 10.5 Å². The number of nitrogens with two attached hydrogens (primary N) is 1. The molecule has 1 saturated heterocycles. The van der Waals surface area contributed by atoms with E-state index >= 15 is 0 Å². The minimum atomic E-state index is 0.407. The standard InChI is InChI=1S/C14H27NOS/c1-4-14(2,3)10-5-6-12(15)13(7-10)17-11-8-16-9-11/h10-13H,4-9,15H2,1-3H3. The lowest BCUT2D eigenvalue weighted by atomic mass is 9.69. The van der Waals surface area contributed by atoms with Gasteiger partial charge in [0.2, 0.25) is 0 Å². The summed E-state index contributed by atoms with van der Waals surface area (Å²) in [6, 6.07) is 0.407. The first-order valence-corrected chi connectivity index (χ1v) is 7.96. The number of hydrogen-bond acceptors (Lipinski definition) is 3. The van der Waals surface area contributed by atoms with Crippen LogP contribution in [0.25, 0.3) is 0 Å². The van der Waals surface area contributed by atoms with Gasteiger partial charge in [0.05, 0.1) is 18.5 Å². The van der Waals surface area contributed by atoms with E-state index in [9.17, 15) is 0 Å². The fraction of sp³-hybridized carbons (Fsp3) is 1.00. The van der Waals surface area contributed by atoms with Crippen LogP contribution in [-0.2, 0) is 4.74 Å². The van der Waals surface area contributed by atoms with Crippen molar-refractivity contribution in [3.05, 3.63) is 0 Å². The molecule has 1 heterocycles. The summed E-state index contributed by atoms with van der Waals surface area (Å²) in [5, 5.41) is 1.38. The van der Waals surface area contributed by atoms with Crippen molar-refractivity contribution in [3.63, 3.8) is 0 Å². The van der Waals surface area contributed by atoms with Crippen molar-refractivity contribution >= 4 is 11.8 Å². The predicted octanol–water partition coefficient (Wildman–Crippen LogP) is 3.05. The van der Waals surface area contributed by atoms with Gasteiger partial charge in [-0.25, -0.2) is 0 Å². The number of ether oxygens (including phenoxy) is 1. The summed E-state index contributed by atoms with van der Waals surface area (Å²) in [5.41, 5.74) is 6.77. The van der Waals surface area contributed by atoms with Crippen molar-refractivity contribution in [2.45, 2.75) is 63.0 Å². The summed E-state index contributed by atoms with van der Waals surface area (Å²) in [6.07, 6.45) is 5.11. The van der Waals surface area contributed by atoms with Crippen molar-refractivity contribution in [1.29, 1.82) is 0 Å². The Hall–Kier alpha value is 0.270. The third kappa shape index (κ3) is 3.18. The first kappa shape index (κ1) is 13.7. The van der Waals surface area contributed by atoms with E-state index in [1.54, 1.807) is 0 Å². The summed E-state index contributed by atoms with van der Waals surface area (Å²) in [5.74, 6) is 0.853. The van der Waals surface area contributed by atoms with Gasteiger partial charge in [0.1, 0.15) is 0 Å². The molecule has 2 rings (SSSR count). The summed E-state index contributed by atoms with van der Waals surface area (Å²) in [7, 11) is 0. The van der Waals surface area contributed by atoms with Crippen LogP contribution in [0.3, 0.4) is 0 Å². The molecule has 3 atom stereocenters. The van der Waals surface area contributed by atoms with Crippen LogP contribution in [0.1, 0.15) is 46.5 Å². The Morgan fingerprint density at radius 2 is 2.00 bits per heavy atom. The molecule has 0 aromatic carbocycles. The maximum atomic E-state index is 6.29. The largest absolute Gasteiger partial charge is 0.379 e. The second-order valence-corrected chi connectivity index (χ2v) is 7.89. The van der Waals surface area contributed by atoms with Gasteiger partial charge >= 0.3 is 0 Å². The molecule has 100 valence electrons. The summed E-state index contributed by atoms with van der Waals surface area (Å²) in [4.78, 5) is 0. The Bertz CT molecular complexity index is 253. The van der Waals surface area contributed by atoms with Crippen molar-refractivity contribution in [2.24, 2.45) is 17.1 Å². The van der Waals surface area contributed by atoms with E-state index in [4.69, 9.17) is 10.5 Å². The lowest BCUT2D eigenvalue weighted by Crippen LogP contribution is -2.44. The quantitative estimate of drug-likeness (QED) is 0.841. The van der Waals surface area contributed by atoms with Crippen LogP contribution in [0.5, 0.6) is 0 Å². The normalized spacial score (nSPS) is 35.6. The summed E-state index contributed by atoms with van der Waals surface area (Å²) >= 11 is 2.10. The Balaban J connectivity index is 1.91. The molecule has 1 aliphatic heterocycles. The summed E-state index contributed by atoms with van der Waals surface area (Å²) in [6.45, 7) is 9.04. The topological polar surface area (TPSA) is 35.2 Å². The molecule has 0 amide bonds. The average Bonchev–Trinajstić information content (AvgIpc) is 2.25. The van der Waals surface area contributed by atoms with E-state index in [1.165, 1.54) is 25.7 Å². The second-order valence-electron chi connectivity index (χ2n) is 6.35. The molecule has 3 unspecified atom stereocenters. The highest BCUT2D eigenvalue weighted by atomic mass is 32.2. The lowest BCUT2D eigenvalue weighted by molar-refractivity contribution is 0.0448. The van der Waals surface area contributed by atoms with Crippen molar-refractivity contribution in [3.8, 4) is 0 Å². The van der Waals surface area contributed by atoms with Crippen molar-refractivity contribution < 1.29 is 4.74 Å². The van der Waals surface area contributed by atoms with Crippen LogP contribution in [0.4, 0.5) is 0 Å². The molecule has 1 saturated carbocycles. The molecule has 1 aliphatic carbocycles. The van der Waals surface area contributed by atoms with E-state index in [-0.39, 0.29) is 0 Å². The van der Waals surface area contributed by atoms with Gasteiger partial charge in [-0.05, 0) is 30.6 Å². The number of rotatable bonds is 4. The smallest absolute Gasteiger partial charge is 0.0608 e. The van der Waals surface area contributed by atoms with Crippen LogP contribution in [0, 0.1) is 11.3 Å². The van der Waals surface area contributed by atoms with E-state index in [1.807, 2.05) is 0 Å². The van der Waals surface area contributed by atoms with Crippen LogP contribution >= 0.6 is 11.8 Å². The lowest BCUT2D eigenvalue weighted by Gasteiger charge is -2.43. The SMILES string of the molecule is CCC(C)(C)C1CCC(N)C(SC2COC2)C1. The van der Waals surface area contributed by atoms with Gasteiger partial charge in [-0.1, -0.05) is 27.2 Å². The molecule has 2 nitrogen and oxygen atoms in total. The highest BCUT2D eigenvalue weighted by Crippen LogP contribution is 2.44. The molecular formula is C14H27NOS. The van der Waals surface area contributed by atoms with E-state index in [0.29, 0.717) is 16.7 Å². The van der Waals surface area contributed by atoms with E-state index in [0.717, 1.165) is 24.4 Å².